The summed E-state index contributed by atoms with van der Waals surface area (Å²) in [6.45, 7) is 4.66. The number of carbonyl (C=O) groups excluding carboxylic acids is 3. The number of nitrogens with zero attached hydrogens (tertiary/aromatic N) is 3. The summed E-state index contributed by atoms with van der Waals surface area (Å²) < 4.78 is 39.9. The quantitative estimate of drug-likeness (QED) is 0.258. The van der Waals surface area contributed by atoms with Crippen molar-refractivity contribution < 1.29 is 32.3 Å². The normalized spacial score (nSPS) is 26.0. The van der Waals surface area contributed by atoms with Crippen LogP contribution in [0.2, 0.25) is 5.02 Å². The monoisotopic (exact) mass is 770 g/mol. The van der Waals surface area contributed by atoms with Crippen molar-refractivity contribution in [2.24, 2.45) is 5.92 Å². The number of nitrogens with one attached hydrogen (secondary N) is 3. The SMILES string of the molecule is COc1ccc2c(O[C@@H]3C[C@H]4C(=O)N[C@@]5(C(=O)NS(=O)(=O)C6CC6)C[C@H]5/C=C\CCCCCNC(=O)N4C3)cc(-c3nc(C(C)C)cs3)nc2c1Cl. The lowest BCUT2D eigenvalue weighted by atomic mass is 10.1. The Bertz CT molecular complexity index is 2030. The summed E-state index contributed by atoms with van der Waals surface area (Å²) in [5.41, 5.74) is 0.508. The number of allylic oxidation sites excluding steroid dienone is 1. The van der Waals surface area contributed by atoms with Crippen LogP contribution in [0.3, 0.4) is 0 Å². The van der Waals surface area contributed by atoms with Crippen molar-refractivity contribution in [3.63, 3.8) is 0 Å². The molecule has 13 nitrogen and oxygen atoms in total. The third-order valence-electron chi connectivity index (χ3n) is 10.2. The van der Waals surface area contributed by atoms with E-state index in [2.05, 4.69) is 29.2 Å². The molecule has 1 aromatic carbocycles. The molecule has 0 radical (unpaired) electrons. The number of hydrogen-bond acceptors (Lipinski definition) is 10. The second-order valence-corrected chi connectivity index (χ2v) is 17.5. The molecule has 3 fully saturated rings. The Morgan fingerprint density at radius 3 is 2.69 bits per heavy atom. The van der Waals surface area contributed by atoms with Gasteiger partial charge in [-0.15, -0.1) is 11.3 Å². The molecule has 1 saturated heterocycles. The smallest absolute Gasteiger partial charge is 0.318 e. The molecule has 4 heterocycles. The van der Waals surface area contributed by atoms with Crippen molar-refractivity contribution in [2.45, 2.75) is 94.1 Å². The van der Waals surface area contributed by atoms with Gasteiger partial charge in [-0.05, 0) is 56.6 Å². The maximum absolute atomic E-state index is 14.2. The summed E-state index contributed by atoms with van der Waals surface area (Å²) >= 11 is 8.24. The second-order valence-electron chi connectivity index (χ2n) is 14.3. The average molecular weight is 771 g/mol. The molecule has 2 aliphatic carbocycles. The molecule has 0 unspecified atom stereocenters. The fourth-order valence-electron chi connectivity index (χ4n) is 6.87. The predicted octanol–water partition coefficient (Wildman–Crippen LogP) is 5.29. The van der Waals surface area contributed by atoms with Crippen molar-refractivity contribution in [3.8, 4) is 22.2 Å². The first-order chi connectivity index (χ1) is 24.9. The Labute approximate surface area is 311 Å². The summed E-state index contributed by atoms with van der Waals surface area (Å²) in [6, 6.07) is 3.92. The summed E-state index contributed by atoms with van der Waals surface area (Å²) in [7, 11) is -2.32. The number of benzene rings is 1. The number of urea groups is 1. The Kier molecular flexibility index (Phi) is 10.1. The van der Waals surface area contributed by atoms with E-state index in [1.807, 2.05) is 17.5 Å². The molecule has 2 saturated carbocycles. The minimum atomic E-state index is -3.85. The summed E-state index contributed by atoms with van der Waals surface area (Å²) in [4.78, 5) is 52.5. The first kappa shape index (κ1) is 36.4. The third-order valence-corrected chi connectivity index (χ3v) is 13.2. The highest BCUT2D eigenvalue weighted by molar-refractivity contribution is 7.91. The Hall–Kier alpha value is -3.95. The van der Waals surface area contributed by atoms with Gasteiger partial charge in [0.1, 0.15) is 44.9 Å². The molecule has 0 spiro atoms. The number of ether oxygens (including phenoxy) is 2. The predicted molar refractivity (Wildman–Crippen MR) is 198 cm³/mol. The third kappa shape index (κ3) is 7.31. The molecule has 278 valence electrons. The average Bonchev–Trinajstić information content (AvgIpc) is 3.98. The standard InChI is InChI=1S/C36H43ClN6O7S2/c1-20(2)26-19-51-33(40-26)25-16-29(24-12-13-28(49-3)30(37)31(24)39-25)50-22-15-27-32(44)41-36(34(45)42-52(47,48)23-10-11-23)17-21(36)9-7-5-4-6-8-14-38-35(46)43(27)18-22/h7,9,12-13,16,19-23,27H,4-6,8,10-11,14-15,17-18H2,1-3H3,(H,38,46)(H,41,44)(H,42,45)/b9-7-/t21-,22-,27+,36+/m1/s1. The lowest BCUT2D eigenvalue weighted by Crippen LogP contribution is -2.57. The molecule has 0 bridgehead atoms. The number of aromatic nitrogens is 2. The van der Waals surface area contributed by atoms with E-state index in [0.29, 0.717) is 57.5 Å². The van der Waals surface area contributed by atoms with Crippen LogP contribution < -0.4 is 24.8 Å². The van der Waals surface area contributed by atoms with Crippen LogP contribution >= 0.6 is 22.9 Å². The molecule has 7 rings (SSSR count). The van der Waals surface area contributed by atoms with Crippen LogP contribution in [0.1, 0.15) is 76.8 Å². The van der Waals surface area contributed by atoms with Gasteiger partial charge in [0.05, 0.1) is 30.1 Å². The number of thiazole rings is 1. The minimum Gasteiger partial charge on any atom is -0.495 e. The zero-order chi connectivity index (χ0) is 36.8. The molecule has 16 heteroatoms. The number of halogens is 1. The molecule has 2 aliphatic heterocycles. The van der Waals surface area contributed by atoms with Crippen molar-refractivity contribution in [1.82, 2.24) is 30.2 Å². The lowest BCUT2D eigenvalue weighted by molar-refractivity contribution is -0.131. The van der Waals surface area contributed by atoms with Gasteiger partial charge in [0.15, 0.2) is 0 Å². The lowest BCUT2D eigenvalue weighted by Gasteiger charge is -2.26. The number of methoxy groups -OCH3 is 1. The van der Waals surface area contributed by atoms with Crippen LogP contribution in [-0.2, 0) is 19.6 Å². The molecule has 2 aromatic heterocycles. The highest BCUT2D eigenvalue weighted by Crippen LogP contribution is 2.46. The van der Waals surface area contributed by atoms with Gasteiger partial charge in [0.2, 0.25) is 15.9 Å². The van der Waals surface area contributed by atoms with Gasteiger partial charge in [0.25, 0.3) is 5.91 Å². The van der Waals surface area contributed by atoms with Gasteiger partial charge >= 0.3 is 6.03 Å². The highest BCUT2D eigenvalue weighted by atomic mass is 35.5. The van der Waals surface area contributed by atoms with E-state index in [4.69, 9.17) is 31.0 Å². The molecular formula is C36H43ClN6O7S2. The van der Waals surface area contributed by atoms with Crippen molar-refractivity contribution >= 4 is 61.7 Å². The van der Waals surface area contributed by atoms with E-state index < -0.39 is 50.8 Å². The largest absolute Gasteiger partial charge is 0.495 e. The number of pyridine rings is 1. The van der Waals surface area contributed by atoms with Gasteiger partial charge in [-0.1, -0.05) is 44.0 Å². The van der Waals surface area contributed by atoms with Crippen LogP contribution in [0, 0.1) is 5.92 Å². The molecule has 4 aliphatic rings. The molecular weight excluding hydrogens is 728 g/mol. The maximum Gasteiger partial charge on any atom is 0.318 e. The van der Waals surface area contributed by atoms with E-state index in [9.17, 15) is 22.8 Å². The molecule has 3 aromatic rings. The number of carbonyl (C=O) groups is 3. The summed E-state index contributed by atoms with van der Waals surface area (Å²) in [6.07, 6.45) is 7.93. The van der Waals surface area contributed by atoms with E-state index >= 15 is 0 Å². The van der Waals surface area contributed by atoms with Crippen molar-refractivity contribution in [1.29, 1.82) is 0 Å². The number of hydrogen-bond donors (Lipinski definition) is 3. The molecule has 52 heavy (non-hydrogen) atoms. The van der Waals surface area contributed by atoms with Gasteiger partial charge in [0, 0.05) is 35.7 Å². The molecule has 3 N–H and O–H groups in total. The fraction of sp³-hybridized carbons (Fsp3) is 0.528. The zero-order valence-electron chi connectivity index (χ0n) is 29.3. The number of fused-ring (bicyclic) bond motifs is 3. The van der Waals surface area contributed by atoms with Crippen LogP contribution in [-0.4, -0.2) is 84.3 Å². The Morgan fingerprint density at radius 2 is 1.96 bits per heavy atom. The van der Waals surface area contributed by atoms with Crippen LogP contribution in [0.5, 0.6) is 11.5 Å². The van der Waals surface area contributed by atoms with E-state index in [0.717, 1.165) is 31.4 Å². The van der Waals surface area contributed by atoms with E-state index in [1.165, 1.54) is 23.3 Å². The van der Waals surface area contributed by atoms with Crippen LogP contribution in [0.4, 0.5) is 4.79 Å². The molecule has 4 amide bonds. The topological polar surface area (TPSA) is 169 Å². The summed E-state index contributed by atoms with van der Waals surface area (Å²) in [5.74, 6) is -0.559. The zero-order valence-corrected chi connectivity index (χ0v) is 31.7. The van der Waals surface area contributed by atoms with Crippen molar-refractivity contribution in [3.05, 3.63) is 46.4 Å². The van der Waals surface area contributed by atoms with Crippen LogP contribution in [0.25, 0.3) is 21.6 Å². The number of rotatable bonds is 8. The summed E-state index contributed by atoms with van der Waals surface area (Å²) in [5, 5.41) is 8.86. The van der Waals surface area contributed by atoms with Gasteiger partial charge in [-0.25, -0.2) is 23.2 Å². The van der Waals surface area contributed by atoms with Gasteiger partial charge < -0.3 is 25.0 Å². The molecule has 4 atom stereocenters. The second kappa shape index (κ2) is 14.5. The number of sulfonamides is 1. The number of amides is 4. The Morgan fingerprint density at radius 1 is 1.15 bits per heavy atom. The fourth-order valence-corrected chi connectivity index (χ4v) is 9.45. The van der Waals surface area contributed by atoms with E-state index in [1.54, 1.807) is 18.2 Å². The first-order valence-electron chi connectivity index (χ1n) is 17.8. The van der Waals surface area contributed by atoms with Crippen LogP contribution in [0.15, 0.2) is 35.7 Å². The first-order valence-corrected chi connectivity index (χ1v) is 20.6. The van der Waals surface area contributed by atoms with Gasteiger partial charge in [-0.2, -0.15) is 0 Å². The van der Waals surface area contributed by atoms with Gasteiger partial charge in [-0.3, -0.25) is 14.3 Å². The Balaban J connectivity index is 1.20. The van der Waals surface area contributed by atoms with E-state index in [-0.39, 0.29) is 31.2 Å². The maximum atomic E-state index is 14.2. The van der Waals surface area contributed by atoms with Crippen molar-refractivity contribution in [2.75, 3.05) is 20.2 Å². The highest BCUT2D eigenvalue weighted by Gasteiger charge is 2.62. The minimum absolute atomic E-state index is 0.0836.